The van der Waals surface area contributed by atoms with E-state index in [1.807, 2.05) is 36.4 Å². The molecule has 2 aliphatic rings. The number of allylic oxidation sites excluding steroid dienone is 2. The van der Waals surface area contributed by atoms with Crippen LogP contribution in [0.1, 0.15) is 72.8 Å². The van der Waals surface area contributed by atoms with Gasteiger partial charge < -0.3 is 5.11 Å². The van der Waals surface area contributed by atoms with Gasteiger partial charge in [0.05, 0.1) is 5.69 Å². The van der Waals surface area contributed by atoms with Gasteiger partial charge in [-0.3, -0.25) is 9.69 Å². The molecule has 4 rings (SSSR count). The molecule has 1 amide bonds. The number of hydrogen-bond acceptors (Lipinski definition) is 3. The highest BCUT2D eigenvalue weighted by atomic mass is 32.1. The van der Waals surface area contributed by atoms with E-state index < -0.39 is 5.97 Å². The monoisotopic (exact) mass is 423 g/mol. The van der Waals surface area contributed by atoms with Crippen LogP contribution in [0, 0.1) is 11.8 Å². The molecule has 30 heavy (non-hydrogen) atoms. The van der Waals surface area contributed by atoms with Crippen LogP contribution >= 0.6 is 11.3 Å². The fraction of sp³-hybridized carbons (Fsp3) is 0.440. The number of rotatable bonds is 5. The van der Waals surface area contributed by atoms with Gasteiger partial charge in [-0.2, -0.15) is 0 Å². The van der Waals surface area contributed by atoms with Crippen LogP contribution in [0.3, 0.4) is 0 Å². The first-order chi connectivity index (χ1) is 14.5. The Labute approximate surface area is 182 Å². The lowest BCUT2D eigenvalue weighted by Gasteiger charge is -2.31. The molecule has 0 bridgehead atoms. The Morgan fingerprint density at radius 1 is 1.07 bits per heavy atom. The lowest BCUT2D eigenvalue weighted by Crippen LogP contribution is -2.35. The maximum atomic E-state index is 13.7. The van der Waals surface area contributed by atoms with Crippen molar-refractivity contribution in [1.82, 2.24) is 0 Å². The average Bonchev–Trinajstić information content (AvgIpc) is 3.21. The van der Waals surface area contributed by atoms with E-state index in [1.54, 1.807) is 4.90 Å². The minimum absolute atomic E-state index is 0.0255. The molecule has 0 saturated heterocycles. The molecule has 1 aromatic carbocycles. The van der Waals surface area contributed by atoms with Gasteiger partial charge >= 0.3 is 5.97 Å². The Hall–Kier alpha value is -2.40. The molecule has 5 heteroatoms. The van der Waals surface area contributed by atoms with Crippen molar-refractivity contribution >= 4 is 40.2 Å². The first-order valence-electron chi connectivity index (χ1n) is 11.0. The van der Waals surface area contributed by atoms with Crippen LogP contribution in [0.15, 0.2) is 42.5 Å². The van der Waals surface area contributed by atoms with Crippen LogP contribution in [0.25, 0.3) is 5.57 Å². The van der Waals surface area contributed by atoms with E-state index in [2.05, 4.69) is 13.0 Å². The second kappa shape index (κ2) is 9.17. The first-order valence-corrected chi connectivity index (χ1v) is 11.8. The SMILES string of the molecule is C[C@H]1CC[C@H](C(=O)N(c2ccccc2)c2cc(C3=CCCCC3)sc2C(=O)O)CC1. The Balaban J connectivity index is 1.77. The second-order valence-corrected chi connectivity index (χ2v) is 9.62. The third kappa shape index (κ3) is 4.36. The molecule has 1 heterocycles. The number of para-hydroxylation sites is 1. The number of nitrogens with zero attached hydrogens (tertiary/aromatic N) is 1. The first kappa shape index (κ1) is 20.9. The molecule has 2 aromatic rings. The molecule has 4 nitrogen and oxygen atoms in total. The third-order valence-electron chi connectivity index (χ3n) is 6.35. The van der Waals surface area contributed by atoms with Crippen LogP contribution in [0.5, 0.6) is 0 Å². The van der Waals surface area contributed by atoms with Gasteiger partial charge in [-0.05, 0) is 81.1 Å². The number of aromatic carboxylic acids is 1. The summed E-state index contributed by atoms with van der Waals surface area (Å²) in [6.45, 7) is 2.24. The minimum atomic E-state index is -0.969. The summed E-state index contributed by atoms with van der Waals surface area (Å²) in [5.74, 6) is -0.346. The number of carbonyl (C=O) groups excluding carboxylic acids is 1. The van der Waals surface area contributed by atoms with Gasteiger partial charge in [0.1, 0.15) is 4.88 Å². The van der Waals surface area contributed by atoms with Crippen molar-refractivity contribution in [1.29, 1.82) is 0 Å². The van der Waals surface area contributed by atoms with E-state index >= 15 is 0 Å². The van der Waals surface area contributed by atoms with Crippen molar-refractivity contribution in [3.8, 4) is 0 Å². The molecular formula is C25H29NO3S. The van der Waals surface area contributed by atoms with Crippen LogP contribution in [-0.2, 0) is 4.79 Å². The van der Waals surface area contributed by atoms with Crippen molar-refractivity contribution in [2.45, 2.75) is 58.3 Å². The molecule has 0 unspecified atom stereocenters. The molecule has 0 radical (unpaired) electrons. The molecule has 1 fully saturated rings. The van der Waals surface area contributed by atoms with Crippen molar-refractivity contribution in [3.63, 3.8) is 0 Å². The quantitative estimate of drug-likeness (QED) is 0.569. The maximum Gasteiger partial charge on any atom is 0.348 e. The van der Waals surface area contributed by atoms with Crippen molar-refractivity contribution in [2.75, 3.05) is 4.90 Å². The van der Waals surface area contributed by atoms with E-state index in [9.17, 15) is 14.7 Å². The van der Waals surface area contributed by atoms with E-state index in [-0.39, 0.29) is 16.7 Å². The van der Waals surface area contributed by atoms with Crippen LogP contribution in [-0.4, -0.2) is 17.0 Å². The molecule has 1 N–H and O–H groups in total. The number of carboxylic acid groups (broad SMARTS) is 1. The predicted octanol–water partition coefficient (Wildman–Crippen LogP) is 6.89. The van der Waals surface area contributed by atoms with E-state index in [4.69, 9.17) is 0 Å². The summed E-state index contributed by atoms with van der Waals surface area (Å²) in [6, 6.07) is 11.4. The van der Waals surface area contributed by atoms with Gasteiger partial charge in [-0.25, -0.2) is 4.79 Å². The van der Waals surface area contributed by atoms with E-state index in [0.717, 1.165) is 55.5 Å². The highest BCUT2D eigenvalue weighted by Gasteiger charge is 2.33. The van der Waals surface area contributed by atoms with Gasteiger partial charge in [-0.1, -0.05) is 31.2 Å². The van der Waals surface area contributed by atoms with Gasteiger partial charge in [0.2, 0.25) is 5.91 Å². The lowest BCUT2D eigenvalue weighted by molar-refractivity contribution is -0.122. The molecule has 1 saturated carbocycles. The number of amides is 1. The van der Waals surface area contributed by atoms with Crippen molar-refractivity contribution in [3.05, 3.63) is 52.2 Å². The summed E-state index contributed by atoms with van der Waals surface area (Å²) in [5, 5.41) is 9.95. The summed E-state index contributed by atoms with van der Waals surface area (Å²) in [5.41, 5.74) is 2.47. The number of carbonyl (C=O) groups is 2. The predicted molar refractivity (Wildman–Crippen MR) is 122 cm³/mol. The number of benzene rings is 1. The topological polar surface area (TPSA) is 57.6 Å². The zero-order valence-corrected chi connectivity index (χ0v) is 18.3. The van der Waals surface area contributed by atoms with E-state index in [0.29, 0.717) is 11.6 Å². The summed E-state index contributed by atoms with van der Waals surface area (Å²) < 4.78 is 0. The number of hydrogen-bond donors (Lipinski definition) is 1. The molecule has 0 aliphatic heterocycles. The van der Waals surface area contributed by atoms with Gasteiger partial charge in [0.25, 0.3) is 0 Å². The number of thiophene rings is 1. The molecule has 1 aromatic heterocycles. The average molecular weight is 424 g/mol. The summed E-state index contributed by atoms with van der Waals surface area (Å²) in [4.78, 5) is 28.7. The van der Waals surface area contributed by atoms with Crippen LogP contribution in [0.4, 0.5) is 11.4 Å². The molecular weight excluding hydrogens is 394 g/mol. The Morgan fingerprint density at radius 2 is 1.80 bits per heavy atom. The second-order valence-electron chi connectivity index (χ2n) is 8.57. The minimum Gasteiger partial charge on any atom is -0.477 e. The highest BCUT2D eigenvalue weighted by molar-refractivity contribution is 7.15. The summed E-state index contributed by atoms with van der Waals surface area (Å²) in [7, 11) is 0. The Morgan fingerprint density at radius 3 is 2.43 bits per heavy atom. The number of carboxylic acids is 1. The smallest absolute Gasteiger partial charge is 0.348 e. The van der Waals surface area contributed by atoms with Crippen LogP contribution in [0.2, 0.25) is 0 Å². The fourth-order valence-electron chi connectivity index (χ4n) is 4.57. The van der Waals surface area contributed by atoms with Gasteiger partial charge in [-0.15, -0.1) is 11.3 Å². The molecule has 0 spiro atoms. The van der Waals surface area contributed by atoms with E-state index in [1.165, 1.54) is 23.3 Å². The third-order valence-corrected chi connectivity index (χ3v) is 7.54. The Kier molecular flexibility index (Phi) is 6.38. The zero-order chi connectivity index (χ0) is 21.1. The van der Waals surface area contributed by atoms with Gasteiger partial charge in [0, 0.05) is 16.5 Å². The fourth-order valence-corrected chi connectivity index (χ4v) is 5.62. The highest BCUT2D eigenvalue weighted by Crippen LogP contribution is 2.42. The largest absolute Gasteiger partial charge is 0.477 e. The lowest BCUT2D eigenvalue weighted by atomic mass is 9.82. The van der Waals surface area contributed by atoms with Crippen molar-refractivity contribution in [2.24, 2.45) is 11.8 Å². The summed E-state index contributed by atoms with van der Waals surface area (Å²) >= 11 is 1.30. The van der Waals surface area contributed by atoms with Crippen molar-refractivity contribution < 1.29 is 14.7 Å². The maximum absolute atomic E-state index is 13.7. The zero-order valence-electron chi connectivity index (χ0n) is 17.5. The van der Waals surface area contributed by atoms with Crippen LogP contribution < -0.4 is 4.90 Å². The normalized spacial score (nSPS) is 21.7. The molecule has 158 valence electrons. The number of anilines is 2. The molecule has 0 atom stereocenters. The Bertz CT molecular complexity index is 939. The molecule has 2 aliphatic carbocycles. The summed E-state index contributed by atoms with van der Waals surface area (Å²) in [6.07, 6.45) is 10.4. The van der Waals surface area contributed by atoms with Gasteiger partial charge in [0.15, 0.2) is 0 Å². The standard InChI is InChI=1S/C25H29NO3S/c1-17-12-14-19(15-13-17)24(27)26(20-10-6-3-7-11-20)21-16-22(30-23(21)25(28)29)18-8-4-2-5-9-18/h3,6-8,10-11,16-17,19H,2,4-5,9,12-15H2,1H3,(H,28,29)/t17-,19-.